The van der Waals surface area contributed by atoms with E-state index in [9.17, 15) is 0 Å². The lowest BCUT2D eigenvalue weighted by Gasteiger charge is -2.30. The molecular weight excluding hydrogens is 360 g/mol. The molecule has 3 aliphatic heterocycles. The van der Waals surface area contributed by atoms with Crippen LogP contribution in [0.25, 0.3) is 0 Å². The van der Waals surface area contributed by atoms with E-state index in [1.54, 1.807) is 0 Å². The Morgan fingerprint density at radius 1 is 0.793 bits per heavy atom. The SMILES string of the molecule is c1ccc2c(c1)OCC(c1ccc3c(c1)CC(c1ccc4c(c1)CCN4)CN3)O2. The fourth-order valence-electron chi connectivity index (χ4n) is 4.72. The van der Waals surface area contributed by atoms with Gasteiger partial charge in [-0.25, -0.2) is 0 Å². The van der Waals surface area contributed by atoms with Crippen LogP contribution in [0.3, 0.4) is 0 Å². The topological polar surface area (TPSA) is 42.5 Å². The van der Waals surface area contributed by atoms with Gasteiger partial charge in [0, 0.05) is 30.4 Å². The van der Waals surface area contributed by atoms with Gasteiger partial charge in [0.15, 0.2) is 17.6 Å². The van der Waals surface area contributed by atoms with Gasteiger partial charge >= 0.3 is 0 Å². The van der Waals surface area contributed by atoms with Crippen LogP contribution in [-0.2, 0) is 12.8 Å². The van der Waals surface area contributed by atoms with Gasteiger partial charge in [-0.15, -0.1) is 0 Å². The molecule has 146 valence electrons. The molecule has 4 heteroatoms. The maximum Gasteiger partial charge on any atom is 0.162 e. The Bertz CT molecular complexity index is 1080. The Balaban J connectivity index is 1.25. The zero-order valence-electron chi connectivity index (χ0n) is 16.3. The van der Waals surface area contributed by atoms with Gasteiger partial charge in [-0.1, -0.05) is 30.3 Å². The largest absolute Gasteiger partial charge is 0.485 e. The van der Waals surface area contributed by atoms with Crippen molar-refractivity contribution in [3.05, 3.63) is 82.9 Å². The van der Waals surface area contributed by atoms with Crippen LogP contribution in [0.15, 0.2) is 60.7 Å². The lowest BCUT2D eigenvalue weighted by Crippen LogP contribution is -2.24. The second-order valence-electron chi connectivity index (χ2n) is 8.16. The number of hydrogen-bond acceptors (Lipinski definition) is 4. The highest BCUT2D eigenvalue weighted by Gasteiger charge is 2.26. The third-order valence-electron chi connectivity index (χ3n) is 6.33. The van der Waals surface area contributed by atoms with E-state index in [-0.39, 0.29) is 6.10 Å². The van der Waals surface area contributed by atoms with E-state index in [1.807, 2.05) is 24.3 Å². The lowest BCUT2D eigenvalue weighted by molar-refractivity contribution is 0.0912. The molecule has 29 heavy (non-hydrogen) atoms. The molecule has 3 heterocycles. The highest BCUT2D eigenvalue weighted by Crippen LogP contribution is 2.38. The molecule has 3 aliphatic rings. The number of nitrogens with one attached hydrogen (secondary N) is 2. The first-order valence-electron chi connectivity index (χ1n) is 10.5. The van der Waals surface area contributed by atoms with Gasteiger partial charge in [0.1, 0.15) is 6.61 Å². The van der Waals surface area contributed by atoms with Gasteiger partial charge in [-0.2, -0.15) is 0 Å². The van der Waals surface area contributed by atoms with Crippen LogP contribution in [0.5, 0.6) is 11.5 Å². The molecule has 4 nitrogen and oxygen atoms in total. The summed E-state index contributed by atoms with van der Waals surface area (Å²) in [7, 11) is 0. The smallest absolute Gasteiger partial charge is 0.162 e. The summed E-state index contributed by atoms with van der Waals surface area (Å²) in [6.45, 7) is 2.58. The number of fused-ring (bicyclic) bond motifs is 3. The van der Waals surface area contributed by atoms with Gasteiger partial charge in [0.2, 0.25) is 0 Å². The van der Waals surface area contributed by atoms with Gasteiger partial charge in [0.05, 0.1) is 0 Å². The molecule has 2 N–H and O–H groups in total. The fraction of sp³-hybridized carbons (Fsp3) is 0.280. The van der Waals surface area contributed by atoms with Gasteiger partial charge in [-0.05, 0) is 65.4 Å². The summed E-state index contributed by atoms with van der Waals surface area (Å²) in [4.78, 5) is 0. The summed E-state index contributed by atoms with van der Waals surface area (Å²) >= 11 is 0. The Labute approximate surface area is 170 Å². The summed E-state index contributed by atoms with van der Waals surface area (Å²) in [5.74, 6) is 2.15. The molecule has 3 aromatic carbocycles. The van der Waals surface area contributed by atoms with Crippen LogP contribution in [-0.4, -0.2) is 19.7 Å². The standard InChI is InChI=1S/C25H24N2O2/c1-2-4-24-23(3-1)28-15-25(29-24)18-6-8-22-19(12-18)13-20(14-27-22)16-5-7-21-17(11-16)9-10-26-21/h1-8,11-12,20,25-27H,9-10,13-15H2. The second kappa shape index (κ2) is 6.73. The molecule has 2 atom stereocenters. The minimum atomic E-state index is -0.0679. The van der Waals surface area contributed by atoms with Crippen LogP contribution in [0.4, 0.5) is 11.4 Å². The van der Waals surface area contributed by atoms with Crippen molar-refractivity contribution in [1.82, 2.24) is 0 Å². The average molecular weight is 384 g/mol. The first-order chi connectivity index (χ1) is 14.3. The molecule has 0 aromatic heterocycles. The predicted octanol–water partition coefficient (Wildman–Crippen LogP) is 4.92. The number of hydrogen-bond donors (Lipinski definition) is 2. The Hall–Kier alpha value is -3.14. The molecule has 0 spiro atoms. The summed E-state index contributed by atoms with van der Waals surface area (Å²) < 4.78 is 12.1. The molecule has 0 amide bonds. The zero-order valence-corrected chi connectivity index (χ0v) is 16.3. The van der Waals surface area contributed by atoms with Crippen LogP contribution in [0.1, 0.15) is 34.3 Å². The van der Waals surface area contributed by atoms with Crippen LogP contribution < -0.4 is 20.1 Å². The van der Waals surface area contributed by atoms with Crippen molar-refractivity contribution in [3.8, 4) is 11.5 Å². The first-order valence-corrected chi connectivity index (χ1v) is 10.5. The van der Waals surface area contributed by atoms with E-state index in [1.165, 1.54) is 33.6 Å². The maximum atomic E-state index is 6.22. The molecule has 6 rings (SSSR count). The van der Waals surface area contributed by atoms with E-state index in [0.29, 0.717) is 12.5 Å². The van der Waals surface area contributed by atoms with Crippen molar-refractivity contribution in [3.63, 3.8) is 0 Å². The quantitative estimate of drug-likeness (QED) is 0.658. The van der Waals surface area contributed by atoms with Gasteiger partial charge in [-0.3, -0.25) is 0 Å². The Morgan fingerprint density at radius 3 is 2.52 bits per heavy atom. The average Bonchev–Trinajstić information content (AvgIpc) is 3.26. The molecule has 0 radical (unpaired) electrons. The van der Waals surface area contributed by atoms with Crippen LogP contribution in [0, 0.1) is 0 Å². The van der Waals surface area contributed by atoms with E-state index >= 15 is 0 Å². The Kier molecular flexibility index (Phi) is 3.89. The number of para-hydroxylation sites is 2. The van der Waals surface area contributed by atoms with Crippen molar-refractivity contribution in [2.75, 3.05) is 30.3 Å². The van der Waals surface area contributed by atoms with Crippen molar-refractivity contribution in [1.29, 1.82) is 0 Å². The summed E-state index contributed by atoms with van der Waals surface area (Å²) in [6, 6.07) is 21.5. The number of ether oxygens (including phenoxy) is 2. The fourth-order valence-corrected chi connectivity index (χ4v) is 4.72. The van der Waals surface area contributed by atoms with E-state index in [4.69, 9.17) is 9.47 Å². The van der Waals surface area contributed by atoms with Gasteiger partial charge in [0.25, 0.3) is 0 Å². The number of rotatable bonds is 2. The molecule has 0 saturated heterocycles. The van der Waals surface area contributed by atoms with Crippen molar-refractivity contribution in [2.24, 2.45) is 0 Å². The molecule has 0 aliphatic carbocycles. The number of anilines is 2. The maximum absolute atomic E-state index is 6.22. The van der Waals surface area contributed by atoms with E-state index in [0.717, 1.165) is 37.4 Å². The summed E-state index contributed by atoms with van der Waals surface area (Å²) in [5, 5.41) is 7.09. The highest BCUT2D eigenvalue weighted by atomic mass is 16.6. The molecule has 0 fully saturated rings. The molecule has 2 unspecified atom stereocenters. The van der Waals surface area contributed by atoms with Crippen molar-refractivity contribution >= 4 is 11.4 Å². The van der Waals surface area contributed by atoms with Crippen molar-refractivity contribution in [2.45, 2.75) is 24.9 Å². The Morgan fingerprint density at radius 2 is 1.59 bits per heavy atom. The molecule has 0 bridgehead atoms. The summed E-state index contributed by atoms with van der Waals surface area (Å²) in [6.07, 6.45) is 2.11. The third kappa shape index (κ3) is 3.00. The van der Waals surface area contributed by atoms with Gasteiger partial charge < -0.3 is 20.1 Å². The third-order valence-corrected chi connectivity index (χ3v) is 6.33. The van der Waals surface area contributed by atoms with Crippen molar-refractivity contribution < 1.29 is 9.47 Å². The second-order valence-corrected chi connectivity index (χ2v) is 8.16. The minimum Gasteiger partial charge on any atom is -0.485 e. The molecule has 3 aromatic rings. The zero-order chi connectivity index (χ0) is 19.2. The number of benzene rings is 3. The van der Waals surface area contributed by atoms with Crippen LogP contribution >= 0.6 is 0 Å². The highest BCUT2D eigenvalue weighted by molar-refractivity contribution is 5.59. The van der Waals surface area contributed by atoms with E-state index < -0.39 is 0 Å². The summed E-state index contributed by atoms with van der Waals surface area (Å²) in [5.41, 5.74) is 7.97. The first kappa shape index (κ1) is 16.8. The van der Waals surface area contributed by atoms with Crippen LogP contribution in [0.2, 0.25) is 0 Å². The predicted molar refractivity (Wildman–Crippen MR) is 115 cm³/mol. The molecule has 0 saturated carbocycles. The normalized spacial score (nSPS) is 21.5. The lowest BCUT2D eigenvalue weighted by atomic mass is 9.86. The minimum absolute atomic E-state index is 0.0679. The van der Waals surface area contributed by atoms with E-state index in [2.05, 4.69) is 47.0 Å². The monoisotopic (exact) mass is 384 g/mol. The molecular formula is C25H24N2O2.